The molecule has 28 heavy (non-hydrogen) atoms. The van der Waals surface area contributed by atoms with Gasteiger partial charge in [-0.15, -0.1) is 10.2 Å². The van der Waals surface area contributed by atoms with E-state index in [9.17, 15) is 4.79 Å². The van der Waals surface area contributed by atoms with Crippen LogP contribution in [0.1, 0.15) is 32.1 Å². The van der Waals surface area contributed by atoms with Crippen LogP contribution in [0.5, 0.6) is 5.75 Å². The van der Waals surface area contributed by atoms with E-state index < -0.39 is 0 Å². The standard InChI is InChI=1S/C21H26N4O2S/c1-27-18-4-2-17(3-5-18)25-12-22-24-21(25)28-11-19(26)23-20-15-7-13-6-14(9-15)10-16(20)8-13/h2-5,12-16,20H,6-11H2,1H3,(H,23,26). The van der Waals surface area contributed by atoms with Crippen molar-refractivity contribution in [3.05, 3.63) is 30.6 Å². The Morgan fingerprint density at radius 2 is 1.82 bits per heavy atom. The molecular formula is C21H26N4O2S. The zero-order valence-corrected chi connectivity index (χ0v) is 16.9. The molecule has 4 bridgehead atoms. The van der Waals surface area contributed by atoms with Gasteiger partial charge in [0.1, 0.15) is 12.1 Å². The van der Waals surface area contributed by atoms with Gasteiger partial charge in [0.2, 0.25) is 5.91 Å². The lowest BCUT2D eigenvalue weighted by Crippen LogP contribution is -2.56. The molecule has 4 aliphatic rings. The molecule has 1 N–H and O–H groups in total. The van der Waals surface area contributed by atoms with Crippen LogP contribution in [0, 0.1) is 23.7 Å². The molecule has 1 aromatic heterocycles. The van der Waals surface area contributed by atoms with Crippen molar-refractivity contribution in [1.29, 1.82) is 0 Å². The molecule has 4 saturated carbocycles. The van der Waals surface area contributed by atoms with Crippen LogP contribution in [0.25, 0.3) is 5.69 Å². The first-order chi connectivity index (χ1) is 13.7. The second-order valence-corrected chi connectivity index (χ2v) is 9.44. The van der Waals surface area contributed by atoms with Gasteiger partial charge >= 0.3 is 0 Å². The summed E-state index contributed by atoms with van der Waals surface area (Å²) in [6, 6.07) is 8.12. The first kappa shape index (κ1) is 18.0. The molecule has 6 rings (SSSR count). The number of methoxy groups -OCH3 is 1. The topological polar surface area (TPSA) is 69.0 Å². The first-order valence-electron chi connectivity index (χ1n) is 10.2. The summed E-state index contributed by atoms with van der Waals surface area (Å²) < 4.78 is 7.11. The van der Waals surface area contributed by atoms with E-state index in [1.54, 1.807) is 13.4 Å². The van der Waals surface area contributed by atoms with Crippen molar-refractivity contribution in [1.82, 2.24) is 20.1 Å². The molecule has 1 aromatic carbocycles. The van der Waals surface area contributed by atoms with Gasteiger partial charge in [0, 0.05) is 11.7 Å². The van der Waals surface area contributed by atoms with Crippen LogP contribution >= 0.6 is 11.8 Å². The summed E-state index contributed by atoms with van der Waals surface area (Å²) in [7, 11) is 1.65. The van der Waals surface area contributed by atoms with E-state index in [-0.39, 0.29) is 5.91 Å². The monoisotopic (exact) mass is 398 g/mol. The maximum absolute atomic E-state index is 12.7. The molecule has 4 aliphatic carbocycles. The van der Waals surface area contributed by atoms with Gasteiger partial charge in [0.25, 0.3) is 0 Å². The van der Waals surface area contributed by atoms with Crippen LogP contribution in [0.2, 0.25) is 0 Å². The molecule has 0 radical (unpaired) electrons. The molecule has 4 fully saturated rings. The normalized spacial score (nSPS) is 30.4. The SMILES string of the molecule is COc1ccc(-n2cnnc2SCC(=O)NC2C3CC4CC(C3)CC2C4)cc1. The van der Waals surface area contributed by atoms with Gasteiger partial charge in [-0.1, -0.05) is 11.8 Å². The fraction of sp³-hybridized carbons (Fsp3) is 0.571. The number of nitrogens with one attached hydrogen (secondary N) is 1. The number of carbonyl (C=O) groups is 1. The Morgan fingerprint density at radius 3 is 2.46 bits per heavy atom. The minimum atomic E-state index is 0.117. The maximum Gasteiger partial charge on any atom is 0.230 e. The van der Waals surface area contributed by atoms with Gasteiger partial charge in [0.05, 0.1) is 12.9 Å². The van der Waals surface area contributed by atoms with Crippen molar-refractivity contribution in [2.45, 2.75) is 43.3 Å². The lowest BCUT2D eigenvalue weighted by molar-refractivity contribution is -0.122. The third-order valence-corrected chi connectivity index (χ3v) is 7.70. The van der Waals surface area contributed by atoms with E-state index in [4.69, 9.17) is 4.74 Å². The van der Waals surface area contributed by atoms with E-state index in [2.05, 4.69) is 15.5 Å². The number of thioether (sulfide) groups is 1. The van der Waals surface area contributed by atoms with Crippen LogP contribution in [-0.4, -0.2) is 39.6 Å². The fourth-order valence-corrected chi connectivity index (χ4v) is 6.50. The minimum Gasteiger partial charge on any atom is -0.497 e. The van der Waals surface area contributed by atoms with Crippen LogP contribution in [0.15, 0.2) is 35.7 Å². The van der Waals surface area contributed by atoms with Crippen molar-refractivity contribution in [2.24, 2.45) is 23.7 Å². The molecule has 6 nitrogen and oxygen atoms in total. The maximum atomic E-state index is 12.7. The Morgan fingerprint density at radius 1 is 1.14 bits per heavy atom. The zero-order valence-electron chi connectivity index (χ0n) is 16.1. The lowest BCUT2D eigenvalue weighted by atomic mass is 9.54. The summed E-state index contributed by atoms with van der Waals surface area (Å²) in [6.45, 7) is 0. The number of nitrogens with zero attached hydrogens (tertiary/aromatic N) is 3. The summed E-state index contributed by atoms with van der Waals surface area (Å²) in [5, 5.41) is 12.3. The first-order valence-corrected chi connectivity index (χ1v) is 11.1. The summed E-state index contributed by atoms with van der Waals surface area (Å²) in [6.07, 6.45) is 8.38. The molecule has 0 aliphatic heterocycles. The van der Waals surface area contributed by atoms with Gasteiger partial charge in [-0.05, 0) is 80.0 Å². The van der Waals surface area contributed by atoms with Gasteiger partial charge < -0.3 is 10.1 Å². The summed E-state index contributed by atoms with van der Waals surface area (Å²) in [5.41, 5.74) is 0.953. The van der Waals surface area contributed by atoms with Crippen molar-refractivity contribution >= 4 is 17.7 Å². The van der Waals surface area contributed by atoms with E-state index in [1.165, 1.54) is 43.9 Å². The van der Waals surface area contributed by atoms with Crippen molar-refractivity contribution in [2.75, 3.05) is 12.9 Å². The summed E-state index contributed by atoms with van der Waals surface area (Å²) in [4.78, 5) is 12.7. The quantitative estimate of drug-likeness (QED) is 0.756. The van der Waals surface area contributed by atoms with E-state index in [1.807, 2.05) is 28.8 Å². The van der Waals surface area contributed by atoms with Gasteiger partial charge in [-0.25, -0.2) is 0 Å². The molecule has 1 amide bonds. The van der Waals surface area contributed by atoms with Gasteiger partial charge in [-0.3, -0.25) is 9.36 Å². The van der Waals surface area contributed by atoms with E-state index in [0.29, 0.717) is 23.6 Å². The molecule has 0 spiro atoms. The predicted octanol–water partition coefficient (Wildman–Crippen LogP) is 3.31. The third-order valence-electron chi connectivity index (χ3n) is 6.75. The Balaban J connectivity index is 1.20. The molecule has 7 heteroatoms. The Hall–Kier alpha value is -2.02. The van der Waals surface area contributed by atoms with Crippen LogP contribution in [0.4, 0.5) is 0 Å². The number of aromatic nitrogens is 3. The number of benzene rings is 1. The van der Waals surface area contributed by atoms with Gasteiger partial charge in [-0.2, -0.15) is 0 Å². The second kappa shape index (κ2) is 7.43. The predicted molar refractivity (Wildman–Crippen MR) is 108 cm³/mol. The highest BCUT2D eigenvalue weighted by Gasteiger charge is 2.48. The summed E-state index contributed by atoms with van der Waals surface area (Å²) >= 11 is 1.44. The molecule has 148 valence electrons. The second-order valence-electron chi connectivity index (χ2n) is 8.49. The van der Waals surface area contributed by atoms with Crippen LogP contribution in [0.3, 0.4) is 0 Å². The number of hydrogen-bond donors (Lipinski definition) is 1. The number of hydrogen-bond acceptors (Lipinski definition) is 5. The number of amides is 1. The highest BCUT2D eigenvalue weighted by molar-refractivity contribution is 7.99. The molecule has 0 unspecified atom stereocenters. The van der Waals surface area contributed by atoms with Crippen LogP contribution in [-0.2, 0) is 4.79 Å². The highest BCUT2D eigenvalue weighted by atomic mass is 32.2. The van der Waals surface area contributed by atoms with Crippen molar-refractivity contribution in [3.8, 4) is 11.4 Å². The van der Waals surface area contributed by atoms with Crippen LogP contribution < -0.4 is 10.1 Å². The molecular weight excluding hydrogens is 372 g/mol. The number of ether oxygens (including phenoxy) is 1. The third kappa shape index (κ3) is 3.41. The zero-order chi connectivity index (χ0) is 19.1. The number of carbonyl (C=O) groups excluding carboxylic acids is 1. The summed E-state index contributed by atoms with van der Waals surface area (Å²) in [5.74, 6) is 4.55. The van der Waals surface area contributed by atoms with Gasteiger partial charge in [0.15, 0.2) is 5.16 Å². The fourth-order valence-electron chi connectivity index (χ4n) is 5.76. The average molecular weight is 399 g/mol. The molecule has 1 heterocycles. The average Bonchev–Trinajstić information content (AvgIpc) is 3.17. The Labute approximate surface area is 169 Å². The highest BCUT2D eigenvalue weighted by Crippen LogP contribution is 2.53. The Bertz CT molecular complexity index is 822. The number of rotatable bonds is 6. The molecule has 0 atom stereocenters. The van der Waals surface area contributed by atoms with E-state index >= 15 is 0 Å². The molecule has 2 aromatic rings. The smallest absolute Gasteiger partial charge is 0.230 e. The Kier molecular flexibility index (Phi) is 4.78. The van der Waals surface area contributed by atoms with Crippen molar-refractivity contribution < 1.29 is 9.53 Å². The lowest BCUT2D eigenvalue weighted by Gasteiger charge is -2.54. The minimum absolute atomic E-state index is 0.117. The van der Waals surface area contributed by atoms with E-state index in [0.717, 1.165) is 28.4 Å². The van der Waals surface area contributed by atoms with Crippen molar-refractivity contribution in [3.63, 3.8) is 0 Å². The molecule has 0 saturated heterocycles. The largest absolute Gasteiger partial charge is 0.497 e.